The second-order valence-corrected chi connectivity index (χ2v) is 15.4. The molecule has 6 N–H and O–H groups in total. The third kappa shape index (κ3) is 12.7. The zero-order chi connectivity index (χ0) is 42.3. The molecular weight excluding hydrogens is 761 g/mol. The molecule has 1 aliphatic rings. The van der Waals surface area contributed by atoms with Gasteiger partial charge in [0.2, 0.25) is 17.4 Å². The van der Waals surface area contributed by atoms with Gasteiger partial charge in [-0.15, -0.1) is 0 Å². The van der Waals surface area contributed by atoms with Crippen LogP contribution in [0.15, 0.2) is 108 Å². The van der Waals surface area contributed by atoms with Gasteiger partial charge in [0.05, 0.1) is 23.7 Å². The van der Waals surface area contributed by atoms with E-state index in [0.29, 0.717) is 74.0 Å². The summed E-state index contributed by atoms with van der Waals surface area (Å²) in [6, 6.07) is 31.6. The van der Waals surface area contributed by atoms with Crippen molar-refractivity contribution >= 4 is 34.5 Å². The molecule has 1 aliphatic heterocycles. The summed E-state index contributed by atoms with van der Waals surface area (Å²) in [4.78, 5) is 56.6. The van der Waals surface area contributed by atoms with Gasteiger partial charge in [0.1, 0.15) is 11.9 Å². The van der Waals surface area contributed by atoms with Gasteiger partial charge in [-0.05, 0) is 79.1 Å². The Hall–Kier alpha value is -6.02. The molecule has 0 saturated carbocycles. The van der Waals surface area contributed by atoms with Crippen molar-refractivity contribution in [1.29, 1.82) is 0 Å². The van der Waals surface area contributed by atoms with Gasteiger partial charge in [0.25, 0.3) is 0 Å². The summed E-state index contributed by atoms with van der Waals surface area (Å²) in [5.41, 5.74) is 5.23. The van der Waals surface area contributed by atoms with Crippen LogP contribution in [0.25, 0.3) is 22.0 Å². The molecule has 1 fully saturated rings. The molecule has 0 aliphatic carbocycles. The van der Waals surface area contributed by atoms with Crippen LogP contribution in [0.4, 0.5) is 10.5 Å². The predicted molar refractivity (Wildman–Crippen MR) is 234 cm³/mol. The number of fused-ring (bicyclic) bond motifs is 1. The standard InChI is InChI=1S/C47H56N6O7/c1-52(45(58)23-29-53-27-21-36(22-28-53)60-47(59)50-40-15-6-5-14-37(40)35-12-3-2-4-13-35)26-8-7-24-49-44(57)31-34-11-9-10-33(30-34)20-25-48-32-42(55)38-16-18-41(54)46-39(38)17-19-43(56)51-46/h2-6,9-19,30,36,42,48,54-55H,7-8,20-29,31-32H2,1H3,(H,49,57)(H,50,59)(H,51,56)/t42-/m0/s1. The molecule has 0 spiro atoms. The number of benzene rings is 4. The highest BCUT2D eigenvalue weighted by atomic mass is 16.6. The Labute approximate surface area is 350 Å². The largest absolute Gasteiger partial charge is 0.506 e. The van der Waals surface area contributed by atoms with E-state index in [1.54, 1.807) is 17.0 Å². The first-order chi connectivity index (χ1) is 29.1. The number of aromatic amines is 1. The average Bonchev–Trinajstić information content (AvgIpc) is 3.25. The fourth-order valence-electron chi connectivity index (χ4n) is 7.55. The minimum atomic E-state index is -0.837. The number of H-pyrrole nitrogens is 1. The molecule has 0 unspecified atom stereocenters. The maximum atomic E-state index is 12.9. The number of likely N-dealkylation sites (tertiary alicyclic amines) is 1. The number of phenols is 1. The highest BCUT2D eigenvalue weighted by Crippen LogP contribution is 2.29. The van der Waals surface area contributed by atoms with Gasteiger partial charge in [-0.25, -0.2) is 4.79 Å². The first-order valence-corrected chi connectivity index (χ1v) is 20.8. The lowest BCUT2D eigenvalue weighted by molar-refractivity contribution is -0.130. The van der Waals surface area contributed by atoms with Crippen LogP contribution in [-0.4, -0.2) is 102 Å². The van der Waals surface area contributed by atoms with E-state index >= 15 is 0 Å². The Kier molecular flexibility index (Phi) is 15.8. The number of aromatic nitrogens is 1. The average molecular weight is 817 g/mol. The van der Waals surface area contributed by atoms with Crippen molar-refractivity contribution in [2.75, 3.05) is 58.2 Å². The molecule has 4 aromatic carbocycles. The fraction of sp³-hybridized carbons (Fsp3) is 0.362. The molecule has 1 aromatic heterocycles. The highest BCUT2D eigenvalue weighted by molar-refractivity contribution is 5.91. The normalized spacial score (nSPS) is 13.8. The van der Waals surface area contributed by atoms with Crippen molar-refractivity contribution in [2.45, 2.75) is 57.2 Å². The lowest BCUT2D eigenvalue weighted by Crippen LogP contribution is -2.40. The Morgan fingerprint density at radius 3 is 2.48 bits per heavy atom. The summed E-state index contributed by atoms with van der Waals surface area (Å²) in [5, 5.41) is 30.7. The summed E-state index contributed by atoms with van der Waals surface area (Å²) in [7, 11) is 1.82. The van der Waals surface area contributed by atoms with Gasteiger partial charge in [0.15, 0.2) is 0 Å². The zero-order valence-electron chi connectivity index (χ0n) is 34.2. The van der Waals surface area contributed by atoms with E-state index in [0.717, 1.165) is 48.2 Å². The smallest absolute Gasteiger partial charge is 0.411 e. The number of aliphatic hydroxyl groups is 1. The summed E-state index contributed by atoms with van der Waals surface area (Å²) in [6.07, 6.45) is 2.91. The predicted octanol–water partition coefficient (Wildman–Crippen LogP) is 5.77. The zero-order valence-corrected chi connectivity index (χ0v) is 34.2. The number of nitrogens with zero attached hydrogens (tertiary/aromatic N) is 2. The molecule has 0 bridgehead atoms. The van der Waals surface area contributed by atoms with Crippen LogP contribution in [0, 0.1) is 0 Å². The third-order valence-corrected chi connectivity index (χ3v) is 10.9. The van der Waals surface area contributed by atoms with Crippen molar-refractivity contribution in [1.82, 2.24) is 25.4 Å². The van der Waals surface area contributed by atoms with Crippen molar-refractivity contribution in [3.63, 3.8) is 0 Å². The molecule has 13 heteroatoms. The number of carbonyl (C=O) groups is 3. The number of rotatable bonds is 19. The lowest BCUT2D eigenvalue weighted by atomic mass is 10.0. The molecule has 316 valence electrons. The van der Waals surface area contributed by atoms with Gasteiger partial charge in [-0.3, -0.25) is 19.7 Å². The molecule has 1 atom stereocenters. The Bertz CT molecular complexity index is 2260. The second-order valence-electron chi connectivity index (χ2n) is 15.4. The van der Waals surface area contributed by atoms with Crippen molar-refractivity contribution in [3.05, 3.63) is 130 Å². The number of anilines is 1. The van der Waals surface area contributed by atoms with Crippen LogP contribution in [0.2, 0.25) is 0 Å². The molecule has 0 radical (unpaired) electrons. The van der Waals surface area contributed by atoms with Crippen LogP contribution in [0.1, 0.15) is 54.9 Å². The molecule has 5 aromatic rings. The van der Waals surface area contributed by atoms with Gasteiger partial charge in [0, 0.05) is 69.8 Å². The first-order valence-electron chi connectivity index (χ1n) is 20.8. The molecule has 13 nitrogen and oxygen atoms in total. The van der Waals surface area contributed by atoms with Crippen molar-refractivity contribution in [2.24, 2.45) is 0 Å². The minimum absolute atomic E-state index is 0.0487. The fourth-order valence-corrected chi connectivity index (χ4v) is 7.55. The van der Waals surface area contributed by atoms with Gasteiger partial charge in [-0.1, -0.05) is 78.9 Å². The van der Waals surface area contributed by atoms with Crippen LogP contribution < -0.4 is 21.5 Å². The van der Waals surface area contributed by atoms with Crippen molar-refractivity contribution < 1.29 is 29.3 Å². The first kappa shape index (κ1) is 43.6. The van der Waals surface area contributed by atoms with E-state index < -0.39 is 12.2 Å². The van der Waals surface area contributed by atoms with E-state index in [9.17, 15) is 29.4 Å². The van der Waals surface area contributed by atoms with Gasteiger partial charge >= 0.3 is 6.09 Å². The molecule has 3 amide bonds. The van der Waals surface area contributed by atoms with E-state index in [1.165, 1.54) is 12.1 Å². The monoisotopic (exact) mass is 816 g/mol. The third-order valence-electron chi connectivity index (χ3n) is 10.9. The minimum Gasteiger partial charge on any atom is -0.506 e. The van der Waals surface area contributed by atoms with E-state index in [4.69, 9.17) is 4.74 Å². The molecule has 6 rings (SSSR count). The number of nitrogens with one attached hydrogen (secondary N) is 4. The summed E-state index contributed by atoms with van der Waals surface area (Å²) in [6.45, 7) is 4.23. The Balaban J connectivity index is 0.804. The van der Waals surface area contributed by atoms with E-state index in [-0.39, 0.29) is 42.2 Å². The van der Waals surface area contributed by atoms with Gasteiger partial charge in [-0.2, -0.15) is 0 Å². The maximum absolute atomic E-state index is 12.9. The number of piperidine rings is 1. The molecule has 2 heterocycles. The Morgan fingerprint density at radius 2 is 1.67 bits per heavy atom. The second kappa shape index (κ2) is 21.8. The topological polar surface area (TPSA) is 176 Å². The highest BCUT2D eigenvalue weighted by Gasteiger charge is 2.24. The number of phenolic OH excluding ortho intramolecular Hbond substituents is 1. The number of hydrogen-bond donors (Lipinski definition) is 6. The van der Waals surface area contributed by atoms with Crippen LogP contribution in [0.5, 0.6) is 5.75 Å². The Morgan fingerprint density at radius 1 is 0.900 bits per heavy atom. The summed E-state index contributed by atoms with van der Waals surface area (Å²) in [5.74, 6) is -0.0134. The summed E-state index contributed by atoms with van der Waals surface area (Å²) >= 11 is 0. The molecular formula is C47H56N6O7. The number of hydrogen-bond acceptors (Lipinski definition) is 9. The molecule has 60 heavy (non-hydrogen) atoms. The van der Waals surface area contributed by atoms with Crippen LogP contribution >= 0.6 is 0 Å². The number of unbranched alkanes of at least 4 members (excludes halogenated alkanes) is 1. The van der Waals surface area contributed by atoms with E-state index in [1.807, 2.05) is 85.9 Å². The number of aromatic hydroxyl groups is 1. The number of para-hydroxylation sites is 1. The van der Waals surface area contributed by atoms with Crippen LogP contribution in [0.3, 0.4) is 0 Å². The molecule has 1 saturated heterocycles. The number of carbonyl (C=O) groups excluding carboxylic acids is 3. The van der Waals surface area contributed by atoms with Gasteiger partial charge < -0.3 is 40.4 Å². The van der Waals surface area contributed by atoms with E-state index in [2.05, 4.69) is 25.8 Å². The SMILES string of the molecule is CN(CCCCNC(=O)Cc1cccc(CCNC[C@H](O)c2ccc(O)c3[nH]c(=O)ccc23)c1)C(=O)CCN1CCC(OC(=O)Nc2ccccc2-c2ccccc2)CC1. The number of ether oxygens (including phenoxy) is 1. The van der Waals surface area contributed by atoms with Crippen LogP contribution in [-0.2, 0) is 27.2 Å². The van der Waals surface area contributed by atoms with Crippen molar-refractivity contribution in [3.8, 4) is 16.9 Å². The summed E-state index contributed by atoms with van der Waals surface area (Å²) < 4.78 is 5.76. The maximum Gasteiger partial charge on any atom is 0.411 e. The quantitative estimate of drug-likeness (QED) is 0.0566. The number of amides is 3. The lowest BCUT2D eigenvalue weighted by Gasteiger charge is -2.31. The number of pyridine rings is 1. The number of aliphatic hydroxyl groups excluding tert-OH is 1.